The van der Waals surface area contributed by atoms with Crippen molar-refractivity contribution in [3.05, 3.63) is 54.1 Å². The highest BCUT2D eigenvalue weighted by atomic mass is 19.1. The van der Waals surface area contributed by atoms with E-state index in [2.05, 4.69) is 9.97 Å². The Bertz CT molecular complexity index is 649. The number of piperidine rings is 1. The Balaban J connectivity index is 1.88. The number of hydrogen-bond acceptors (Lipinski definition) is 5. The van der Waals surface area contributed by atoms with Crippen molar-refractivity contribution in [2.75, 3.05) is 32.1 Å². The van der Waals surface area contributed by atoms with E-state index in [9.17, 15) is 9.50 Å². The summed E-state index contributed by atoms with van der Waals surface area (Å²) in [5.74, 6) is 0.0454. The van der Waals surface area contributed by atoms with Gasteiger partial charge in [0.15, 0.2) is 5.82 Å². The average molecular weight is 316 g/mol. The summed E-state index contributed by atoms with van der Waals surface area (Å²) in [6.07, 6.45) is 2.90. The van der Waals surface area contributed by atoms with Gasteiger partial charge in [-0.3, -0.25) is 0 Å². The van der Waals surface area contributed by atoms with Crippen molar-refractivity contribution in [3.63, 3.8) is 0 Å². The molecule has 0 radical (unpaired) electrons. The van der Waals surface area contributed by atoms with E-state index in [4.69, 9.17) is 0 Å². The second-order valence-electron chi connectivity index (χ2n) is 6.17. The maximum absolute atomic E-state index is 13.0. The summed E-state index contributed by atoms with van der Waals surface area (Å²) in [5, 5.41) is 11.3. The Morgan fingerprint density at radius 2 is 1.87 bits per heavy atom. The Labute approximate surface area is 135 Å². The summed E-state index contributed by atoms with van der Waals surface area (Å²) in [6.45, 7) is 1.19. The number of nitrogens with zero attached hydrogens (tertiary/aromatic N) is 4. The molecule has 0 spiro atoms. The van der Waals surface area contributed by atoms with E-state index >= 15 is 0 Å². The van der Waals surface area contributed by atoms with Crippen LogP contribution in [0.5, 0.6) is 0 Å². The van der Waals surface area contributed by atoms with E-state index in [-0.39, 0.29) is 6.04 Å². The zero-order valence-electron chi connectivity index (χ0n) is 13.4. The topological polar surface area (TPSA) is 52.5 Å². The minimum absolute atomic E-state index is 0.118. The van der Waals surface area contributed by atoms with E-state index in [0.29, 0.717) is 25.5 Å². The summed E-state index contributed by atoms with van der Waals surface area (Å²) in [7, 11) is 3.90. The molecule has 0 unspecified atom stereocenters. The van der Waals surface area contributed by atoms with Crippen LogP contribution in [0.4, 0.5) is 10.3 Å². The molecule has 0 saturated carbocycles. The zero-order chi connectivity index (χ0) is 16.4. The third kappa shape index (κ3) is 3.04. The Morgan fingerprint density at radius 3 is 2.48 bits per heavy atom. The number of anilines is 1. The fraction of sp³-hybridized carbons (Fsp3) is 0.412. The summed E-state index contributed by atoms with van der Waals surface area (Å²) in [4.78, 5) is 12.1. The second kappa shape index (κ2) is 6.22. The van der Waals surface area contributed by atoms with E-state index in [1.807, 2.05) is 54.2 Å². The second-order valence-corrected chi connectivity index (χ2v) is 6.17. The lowest BCUT2D eigenvalue weighted by atomic mass is 9.80. The van der Waals surface area contributed by atoms with Gasteiger partial charge >= 0.3 is 0 Å². The van der Waals surface area contributed by atoms with Crippen molar-refractivity contribution in [1.29, 1.82) is 0 Å². The number of aromatic nitrogens is 2. The monoisotopic (exact) mass is 316 g/mol. The highest BCUT2D eigenvalue weighted by Crippen LogP contribution is 2.35. The first-order chi connectivity index (χ1) is 11.0. The molecule has 3 rings (SSSR count). The van der Waals surface area contributed by atoms with Crippen molar-refractivity contribution in [1.82, 2.24) is 14.9 Å². The molecule has 2 heterocycles. The lowest BCUT2D eigenvalue weighted by Gasteiger charge is -2.47. The summed E-state index contributed by atoms with van der Waals surface area (Å²) >= 11 is 0. The van der Waals surface area contributed by atoms with Gasteiger partial charge < -0.3 is 14.9 Å². The Hall–Kier alpha value is -2.05. The van der Waals surface area contributed by atoms with Gasteiger partial charge in [0.05, 0.1) is 18.4 Å². The first-order valence-corrected chi connectivity index (χ1v) is 7.67. The fourth-order valence-corrected chi connectivity index (χ4v) is 3.23. The molecular formula is C17H21FN4O. The highest BCUT2D eigenvalue weighted by Gasteiger charge is 2.44. The molecule has 6 heteroatoms. The fourth-order valence-electron chi connectivity index (χ4n) is 3.23. The number of halogens is 1. The van der Waals surface area contributed by atoms with Crippen molar-refractivity contribution in [2.24, 2.45) is 0 Å². The third-order valence-corrected chi connectivity index (χ3v) is 4.49. The molecule has 0 aliphatic carbocycles. The van der Waals surface area contributed by atoms with Crippen LogP contribution in [-0.2, 0) is 5.60 Å². The molecule has 1 aromatic heterocycles. The van der Waals surface area contributed by atoms with Crippen LogP contribution in [0.3, 0.4) is 0 Å². The third-order valence-electron chi connectivity index (χ3n) is 4.49. The molecular weight excluding hydrogens is 295 g/mol. The van der Waals surface area contributed by atoms with Gasteiger partial charge in [0.1, 0.15) is 5.60 Å². The van der Waals surface area contributed by atoms with Crippen LogP contribution in [0, 0.1) is 5.82 Å². The minimum Gasteiger partial charge on any atom is -0.383 e. The summed E-state index contributed by atoms with van der Waals surface area (Å²) in [6, 6.07) is 9.62. The molecule has 5 nitrogen and oxygen atoms in total. The molecule has 1 aliphatic rings. The van der Waals surface area contributed by atoms with Crippen LogP contribution in [0.25, 0.3) is 0 Å². The predicted molar refractivity (Wildman–Crippen MR) is 86.6 cm³/mol. The van der Waals surface area contributed by atoms with Crippen molar-refractivity contribution in [2.45, 2.75) is 18.1 Å². The largest absolute Gasteiger partial charge is 0.383 e. The van der Waals surface area contributed by atoms with E-state index in [0.717, 1.165) is 5.56 Å². The van der Waals surface area contributed by atoms with Crippen molar-refractivity contribution in [3.8, 4) is 0 Å². The van der Waals surface area contributed by atoms with E-state index in [1.165, 1.54) is 12.4 Å². The molecule has 1 fully saturated rings. The SMILES string of the molecule is CN(C)[C@@H]1CN(c2ncc(F)cn2)CC[C@]1(O)c1ccccc1. The van der Waals surface area contributed by atoms with Gasteiger partial charge in [0.25, 0.3) is 0 Å². The Morgan fingerprint density at radius 1 is 1.22 bits per heavy atom. The molecule has 2 aromatic rings. The van der Waals surface area contributed by atoms with Gasteiger partial charge in [0.2, 0.25) is 5.95 Å². The number of likely N-dealkylation sites (N-methyl/N-ethyl adjacent to an activating group) is 1. The van der Waals surface area contributed by atoms with Crippen LogP contribution in [0.15, 0.2) is 42.7 Å². The molecule has 1 aromatic carbocycles. The normalized spacial score (nSPS) is 24.9. The maximum atomic E-state index is 13.0. The van der Waals surface area contributed by atoms with Crippen LogP contribution in [-0.4, -0.2) is 53.2 Å². The summed E-state index contributed by atoms with van der Waals surface area (Å²) in [5.41, 5.74) is -0.0141. The minimum atomic E-state index is -0.929. The predicted octanol–water partition coefficient (Wildman–Crippen LogP) is 1.64. The molecule has 0 bridgehead atoms. The zero-order valence-corrected chi connectivity index (χ0v) is 13.4. The van der Waals surface area contributed by atoms with Crippen LogP contribution in [0.2, 0.25) is 0 Å². The first-order valence-electron chi connectivity index (χ1n) is 7.67. The quantitative estimate of drug-likeness (QED) is 0.933. The molecule has 122 valence electrons. The van der Waals surface area contributed by atoms with Crippen LogP contribution < -0.4 is 4.90 Å². The number of hydrogen-bond donors (Lipinski definition) is 1. The molecule has 2 atom stereocenters. The molecule has 1 aliphatic heterocycles. The van der Waals surface area contributed by atoms with Gasteiger partial charge in [-0.15, -0.1) is 0 Å². The highest BCUT2D eigenvalue weighted by molar-refractivity contribution is 5.35. The van der Waals surface area contributed by atoms with Gasteiger partial charge in [-0.05, 0) is 26.1 Å². The van der Waals surface area contributed by atoms with Crippen LogP contribution >= 0.6 is 0 Å². The standard InChI is InChI=1S/C17H21FN4O/c1-21(2)15-12-22(16-19-10-14(18)11-20-16)9-8-17(15,23)13-6-4-3-5-7-13/h3-7,10-11,15,23H,8-9,12H2,1-2H3/t15-,17+/m1/s1. The smallest absolute Gasteiger partial charge is 0.225 e. The molecule has 23 heavy (non-hydrogen) atoms. The lowest BCUT2D eigenvalue weighted by molar-refractivity contribution is -0.0528. The van der Waals surface area contributed by atoms with Gasteiger partial charge in [-0.25, -0.2) is 14.4 Å². The molecule has 0 amide bonds. The number of rotatable bonds is 3. The number of benzene rings is 1. The van der Waals surface area contributed by atoms with Crippen LogP contribution in [0.1, 0.15) is 12.0 Å². The van der Waals surface area contributed by atoms with E-state index < -0.39 is 11.4 Å². The first kappa shape index (κ1) is 15.8. The van der Waals surface area contributed by atoms with Crippen molar-refractivity contribution >= 4 is 5.95 Å². The average Bonchev–Trinajstić information content (AvgIpc) is 2.57. The maximum Gasteiger partial charge on any atom is 0.225 e. The van der Waals surface area contributed by atoms with Gasteiger partial charge in [0, 0.05) is 13.1 Å². The van der Waals surface area contributed by atoms with Gasteiger partial charge in [-0.2, -0.15) is 0 Å². The Kier molecular flexibility index (Phi) is 4.28. The number of aliphatic hydroxyl groups is 1. The van der Waals surface area contributed by atoms with Gasteiger partial charge in [-0.1, -0.05) is 30.3 Å². The molecule has 1 N–H and O–H groups in total. The molecule has 1 saturated heterocycles. The van der Waals surface area contributed by atoms with Crippen molar-refractivity contribution < 1.29 is 9.50 Å². The lowest BCUT2D eigenvalue weighted by Crippen LogP contribution is -2.59. The summed E-state index contributed by atoms with van der Waals surface area (Å²) < 4.78 is 13.0. The van der Waals surface area contributed by atoms with E-state index in [1.54, 1.807) is 0 Å².